The summed E-state index contributed by atoms with van der Waals surface area (Å²) in [5, 5.41) is 8.99. The molecule has 1 aromatic rings. The molecule has 0 aromatic heterocycles. The Morgan fingerprint density at radius 3 is 2.33 bits per heavy atom. The predicted molar refractivity (Wildman–Crippen MR) is 81.5 cm³/mol. The largest absolute Gasteiger partial charge is 0.493 e. The Labute approximate surface area is 126 Å². The van der Waals surface area contributed by atoms with Gasteiger partial charge in [-0.3, -0.25) is 0 Å². The van der Waals surface area contributed by atoms with Crippen molar-refractivity contribution in [3.05, 3.63) is 29.6 Å². The molecule has 0 bridgehead atoms. The Morgan fingerprint density at radius 1 is 1.10 bits per heavy atom. The second-order valence-electron chi connectivity index (χ2n) is 5.27. The predicted octanol–water partition coefficient (Wildman–Crippen LogP) is 5.04. The number of carbonyl (C=O) groups is 1. The number of ether oxygens (including phenoxy) is 1. The van der Waals surface area contributed by atoms with Crippen molar-refractivity contribution in [3.63, 3.8) is 0 Å². The number of unbranched alkanes of at least 4 members (excludes halogenated alkanes) is 7. The maximum atomic E-state index is 13.0. The summed E-state index contributed by atoms with van der Waals surface area (Å²) in [6, 6.07) is 3.59. The molecule has 0 heterocycles. The minimum atomic E-state index is -1.17. The normalized spacial score (nSPS) is 10.6. The molecule has 0 saturated heterocycles. The van der Waals surface area contributed by atoms with Gasteiger partial charge in [0.25, 0.3) is 0 Å². The van der Waals surface area contributed by atoms with Crippen LogP contribution in [0.4, 0.5) is 4.39 Å². The minimum absolute atomic E-state index is 0.116. The average Bonchev–Trinajstić information content (AvgIpc) is 2.46. The van der Waals surface area contributed by atoms with Crippen molar-refractivity contribution in [2.45, 2.75) is 58.3 Å². The Balaban J connectivity index is 2.20. The lowest BCUT2D eigenvalue weighted by atomic mass is 10.1. The van der Waals surface area contributed by atoms with Crippen LogP contribution in [0.1, 0.15) is 68.6 Å². The molecule has 0 radical (unpaired) electrons. The van der Waals surface area contributed by atoms with E-state index >= 15 is 0 Å². The summed E-state index contributed by atoms with van der Waals surface area (Å²) in [7, 11) is 0. The smallest absolute Gasteiger partial charge is 0.339 e. The Morgan fingerprint density at radius 2 is 1.71 bits per heavy atom. The van der Waals surface area contributed by atoms with Gasteiger partial charge in [-0.05, 0) is 24.6 Å². The molecule has 0 aliphatic rings. The maximum absolute atomic E-state index is 13.0. The van der Waals surface area contributed by atoms with Gasteiger partial charge < -0.3 is 9.84 Å². The zero-order chi connectivity index (χ0) is 15.5. The lowest BCUT2D eigenvalue weighted by Crippen LogP contribution is -2.05. The van der Waals surface area contributed by atoms with Crippen molar-refractivity contribution in [2.75, 3.05) is 6.61 Å². The molecule has 0 fully saturated rings. The van der Waals surface area contributed by atoms with Crippen LogP contribution in [0.2, 0.25) is 0 Å². The summed E-state index contributed by atoms with van der Waals surface area (Å²) in [4.78, 5) is 11.0. The first-order chi connectivity index (χ1) is 10.1. The summed E-state index contributed by atoms with van der Waals surface area (Å²) >= 11 is 0. The van der Waals surface area contributed by atoms with Gasteiger partial charge in [0, 0.05) is 0 Å². The number of halogens is 1. The van der Waals surface area contributed by atoms with E-state index in [4.69, 9.17) is 9.84 Å². The third-order valence-corrected chi connectivity index (χ3v) is 3.43. The number of benzene rings is 1. The molecule has 1 rings (SSSR count). The van der Waals surface area contributed by atoms with Crippen molar-refractivity contribution < 1.29 is 19.0 Å². The Bertz CT molecular complexity index is 432. The lowest BCUT2D eigenvalue weighted by Gasteiger charge is -2.09. The second kappa shape index (κ2) is 10.2. The fraction of sp³-hybridized carbons (Fsp3) is 0.588. The Hall–Kier alpha value is -1.58. The minimum Gasteiger partial charge on any atom is -0.493 e. The van der Waals surface area contributed by atoms with Crippen LogP contribution in [-0.4, -0.2) is 17.7 Å². The summed E-state index contributed by atoms with van der Waals surface area (Å²) < 4.78 is 18.5. The van der Waals surface area contributed by atoms with E-state index < -0.39 is 11.8 Å². The van der Waals surface area contributed by atoms with Crippen molar-refractivity contribution in [3.8, 4) is 5.75 Å². The molecule has 4 heteroatoms. The first kappa shape index (κ1) is 17.5. The highest BCUT2D eigenvalue weighted by atomic mass is 19.1. The molecular weight excluding hydrogens is 271 g/mol. The Kier molecular flexibility index (Phi) is 8.48. The third kappa shape index (κ3) is 7.11. The van der Waals surface area contributed by atoms with Crippen LogP contribution in [0, 0.1) is 5.82 Å². The zero-order valence-electron chi connectivity index (χ0n) is 12.7. The van der Waals surface area contributed by atoms with Crippen LogP contribution >= 0.6 is 0 Å². The SMILES string of the molecule is CCCCCCCCCCOc1ccc(F)cc1C(=O)O. The van der Waals surface area contributed by atoms with Gasteiger partial charge in [-0.2, -0.15) is 0 Å². The van der Waals surface area contributed by atoms with E-state index in [0.717, 1.165) is 18.9 Å². The van der Waals surface area contributed by atoms with Gasteiger partial charge in [-0.1, -0.05) is 51.9 Å². The van der Waals surface area contributed by atoms with E-state index in [1.54, 1.807) is 0 Å². The lowest BCUT2D eigenvalue weighted by molar-refractivity contribution is 0.0691. The van der Waals surface area contributed by atoms with Gasteiger partial charge >= 0.3 is 5.97 Å². The molecule has 118 valence electrons. The van der Waals surface area contributed by atoms with Crippen LogP contribution in [-0.2, 0) is 0 Å². The van der Waals surface area contributed by atoms with Crippen molar-refractivity contribution in [2.24, 2.45) is 0 Å². The van der Waals surface area contributed by atoms with Crippen LogP contribution in [0.3, 0.4) is 0 Å². The molecule has 0 aliphatic carbocycles. The standard InChI is InChI=1S/C17H25FO3/c1-2-3-4-5-6-7-8-9-12-21-16-11-10-14(18)13-15(16)17(19)20/h10-11,13H,2-9,12H2,1H3,(H,19,20). The van der Waals surface area contributed by atoms with Gasteiger partial charge in [0.1, 0.15) is 17.1 Å². The molecule has 0 saturated carbocycles. The van der Waals surface area contributed by atoms with Gasteiger partial charge in [-0.25, -0.2) is 9.18 Å². The third-order valence-electron chi connectivity index (χ3n) is 3.43. The molecule has 3 nitrogen and oxygen atoms in total. The first-order valence-electron chi connectivity index (χ1n) is 7.80. The van der Waals surface area contributed by atoms with E-state index in [1.807, 2.05) is 0 Å². The number of rotatable bonds is 11. The van der Waals surface area contributed by atoms with Crippen LogP contribution in [0.15, 0.2) is 18.2 Å². The first-order valence-corrected chi connectivity index (χ1v) is 7.80. The summed E-state index contributed by atoms with van der Waals surface area (Å²) in [5.41, 5.74) is -0.116. The highest BCUT2D eigenvalue weighted by molar-refractivity contribution is 5.90. The summed E-state index contributed by atoms with van der Waals surface area (Å²) in [6.45, 7) is 2.68. The summed E-state index contributed by atoms with van der Waals surface area (Å²) in [5.74, 6) is -1.49. The summed E-state index contributed by atoms with van der Waals surface area (Å²) in [6.07, 6.45) is 9.57. The van der Waals surface area contributed by atoms with Crippen LogP contribution < -0.4 is 4.74 Å². The highest BCUT2D eigenvalue weighted by Gasteiger charge is 2.12. The molecular formula is C17H25FO3. The molecule has 1 N–H and O–H groups in total. The number of aromatic carboxylic acids is 1. The number of carboxylic acids is 1. The van der Waals surface area contributed by atoms with E-state index in [1.165, 1.54) is 50.7 Å². The van der Waals surface area contributed by atoms with Gasteiger partial charge in [-0.15, -0.1) is 0 Å². The van der Waals surface area contributed by atoms with Crippen LogP contribution in [0.25, 0.3) is 0 Å². The zero-order valence-corrected chi connectivity index (χ0v) is 12.7. The highest BCUT2D eigenvalue weighted by Crippen LogP contribution is 2.20. The maximum Gasteiger partial charge on any atom is 0.339 e. The van der Waals surface area contributed by atoms with Crippen molar-refractivity contribution >= 4 is 5.97 Å². The van der Waals surface area contributed by atoms with Crippen molar-refractivity contribution in [1.82, 2.24) is 0 Å². The molecule has 0 unspecified atom stereocenters. The van der Waals surface area contributed by atoms with E-state index in [0.29, 0.717) is 6.61 Å². The van der Waals surface area contributed by atoms with Crippen LogP contribution in [0.5, 0.6) is 5.75 Å². The van der Waals surface area contributed by atoms with Gasteiger partial charge in [0.05, 0.1) is 6.61 Å². The quantitative estimate of drug-likeness (QED) is 0.582. The van der Waals surface area contributed by atoms with E-state index in [2.05, 4.69) is 6.92 Å². The molecule has 0 spiro atoms. The van der Waals surface area contributed by atoms with E-state index in [-0.39, 0.29) is 11.3 Å². The average molecular weight is 296 g/mol. The monoisotopic (exact) mass is 296 g/mol. The van der Waals surface area contributed by atoms with Gasteiger partial charge in [0.15, 0.2) is 0 Å². The molecule has 1 aromatic carbocycles. The topological polar surface area (TPSA) is 46.5 Å². The van der Waals surface area contributed by atoms with Crippen molar-refractivity contribution in [1.29, 1.82) is 0 Å². The number of carboxylic acid groups (broad SMARTS) is 1. The molecule has 0 atom stereocenters. The fourth-order valence-electron chi connectivity index (χ4n) is 2.21. The number of hydrogen-bond acceptors (Lipinski definition) is 2. The fourth-order valence-corrected chi connectivity index (χ4v) is 2.21. The number of hydrogen-bond donors (Lipinski definition) is 1. The molecule has 0 aliphatic heterocycles. The molecule has 0 amide bonds. The molecule has 21 heavy (non-hydrogen) atoms. The van der Waals surface area contributed by atoms with E-state index in [9.17, 15) is 9.18 Å². The van der Waals surface area contributed by atoms with Gasteiger partial charge in [0.2, 0.25) is 0 Å². The second-order valence-corrected chi connectivity index (χ2v) is 5.27.